The van der Waals surface area contributed by atoms with Crippen molar-refractivity contribution < 1.29 is 51.4 Å². The molecule has 66 valence electrons. The van der Waals surface area contributed by atoms with E-state index in [0.29, 0.717) is 0 Å². The van der Waals surface area contributed by atoms with Crippen LogP contribution in [0.3, 0.4) is 0 Å². The topological polar surface area (TPSA) is 3.24 Å². The van der Waals surface area contributed by atoms with Crippen molar-refractivity contribution in [2.24, 2.45) is 5.92 Å². The van der Waals surface area contributed by atoms with Gasteiger partial charge < -0.3 is 19.3 Å². The average molecular weight is 192 g/mol. The van der Waals surface area contributed by atoms with Gasteiger partial charge in [-0.05, 0) is 25.9 Å². The van der Waals surface area contributed by atoms with E-state index in [4.69, 9.17) is 0 Å². The maximum atomic E-state index is 4.09. The van der Waals surface area contributed by atoms with Crippen molar-refractivity contribution in [3.63, 3.8) is 0 Å². The molecule has 2 rings (SSSR count). The molecule has 0 aromatic heterocycles. The molecule has 12 heavy (non-hydrogen) atoms. The first-order chi connectivity index (χ1) is 4.86. The van der Waals surface area contributed by atoms with Crippen molar-refractivity contribution in [2.75, 3.05) is 13.1 Å². The molecule has 0 unspecified atom stereocenters. The molecular weight excluding hydrogens is 173 g/mol. The SMILES string of the molecule is [CH2-]C1CCN(C2CC2)CC1.[CH3-].[K+]. The summed E-state index contributed by atoms with van der Waals surface area (Å²) >= 11 is 0. The van der Waals surface area contributed by atoms with Crippen LogP contribution in [0.4, 0.5) is 0 Å². The first-order valence-electron chi connectivity index (χ1n) is 4.43. The molecule has 2 heteroatoms. The molecule has 1 aliphatic carbocycles. The average Bonchev–Trinajstić information content (AvgIpc) is 2.71. The minimum absolute atomic E-state index is 0. The van der Waals surface area contributed by atoms with Crippen LogP contribution in [0.1, 0.15) is 25.7 Å². The third-order valence-electron chi connectivity index (χ3n) is 2.71. The Morgan fingerprint density at radius 2 is 1.50 bits per heavy atom. The van der Waals surface area contributed by atoms with E-state index in [9.17, 15) is 0 Å². The maximum Gasteiger partial charge on any atom is 1.00 e. The van der Waals surface area contributed by atoms with Gasteiger partial charge in [0.1, 0.15) is 0 Å². The normalized spacial score (nSPS) is 25.8. The van der Waals surface area contributed by atoms with E-state index >= 15 is 0 Å². The van der Waals surface area contributed by atoms with E-state index < -0.39 is 0 Å². The zero-order valence-corrected chi connectivity index (χ0v) is 11.7. The molecule has 0 bridgehead atoms. The first-order valence-corrected chi connectivity index (χ1v) is 4.43. The second-order valence-corrected chi connectivity index (χ2v) is 3.71. The molecule has 1 saturated carbocycles. The van der Waals surface area contributed by atoms with Crippen LogP contribution in [0.2, 0.25) is 0 Å². The van der Waals surface area contributed by atoms with Crippen molar-refractivity contribution in [2.45, 2.75) is 31.7 Å². The second kappa shape index (κ2) is 6.15. The molecule has 0 N–H and O–H groups in total. The summed E-state index contributed by atoms with van der Waals surface area (Å²) in [4.78, 5) is 2.64. The molecular formula is C10H19KN-. The predicted molar refractivity (Wildman–Crippen MR) is 49.1 cm³/mol. The monoisotopic (exact) mass is 192 g/mol. The van der Waals surface area contributed by atoms with Gasteiger partial charge in [0.05, 0.1) is 0 Å². The van der Waals surface area contributed by atoms with E-state index in [2.05, 4.69) is 11.8 Å². The summed E-state index contributed by atoms with van der Waals surface area (Å²) in [6.45, 7) is 6.72. The van der Waals surface area contributed by atoms with Crippen LogP contribution in [0.15, 0.2) is 0 Å². The number of hydrogen-bond acceptors (Lipinski definition) is 1. The molecule has 0 aromatic carbocycles. The molecule has 0 radical (unpaired) electrons. The van der Waals surface area contributed by atoms with Gasteiger partial charge in [-0.2, -0.15) is 5.92 Å². The van der Waals surface area contributed by atoms with Crippen molar-refractivity contribution in [3.05, 3.63) is 14.4 Å². The fraction of sp³-hybridized carbons (Fsp3) is 0.800. The summed E-state index contributed by atoms with van der Waals surface area (Å²) in [6, 6.07) is 0.979. The molecule has 1 saturated heterocycles. The minimum atomic E-state index is 0. The Morgan fingerprint density at radius 3 is 1.92 bits per heavy atom. The standard InChI is InChI=1S/C9H16N.CH3.K/c1-8-4-6-10(7-5-8)9-2-3-9;;/h8-9H,1-7H2;1H3;/q2*-1;+1. The Kier molecular flexibility index (Phi) is 6.97. The largest absolute Gasteiger partial charge is 1.00 e. The number of nitrogens with zero attached hydrogens (tertiary/aromatic N) is 1. The number of hydrogen-bond donors (Lipinski definition) is 0. The molecule has 1 nitrogen and oxygen atoms in total. The van der Waals surface area contributed by atoms with Gasteiger partial charge in [-0.25, -0.2) is 0 Å². The summed E-state index contributed by atoms with van der Waals surface area (Å²) in [5.74, 6) is 0.745. The fourth-order valence-corrected chi connectivity index (χ4v) is 1.76. The second-order valence-electron chi connectivity index (χ2n) is 3.71. The van der Waals surface area contributed by atoms with Crippen LogP contribution in [0.5, 0.6) is 0 Å². The Labute approximate surface area is 120 Å². The third kappa shape index (κ3) is 3.77. The van der Waals surface area contributed by atoms with Crippen molar-refractivity contribution in [1.82, 2.24) is 4.90 Å². The molecule has 1 heterocycles. The predicted octanol–water partition coefficient (Wildman–Crippen LogP) is -0.851. The van der Waals surface area contributed by atoms with Crippen LogP contribution in [0.25, 0.3) is 0 Å². The quantitative estimate of drug-likeness (QED) is 0.386. The summed E-state index contributed by atoms with van der Waals surface area (Å²) in [7, 11) is 0. The van der Waals surface area contributed by atoms with Gasteiger partial charge in [0.15, 0.2) is 0 Å². The van der Waals surface area contributed by atoms with Gasteiger partial charge >= 0.3 is 51.4 Å². The van der Waals surface area contributed by atoms with E-state index in [1.54, 1.807) is 0 Å². The Morgan fingerprint density at radius 1 is 1.00 bits per heavy atom. The summed E-state index contributed by atoms with van der Waals surface area (Å²) in [5.41, 5.74) is 0. The first kappa shape index (κ1) is 13.6. The minimum Gasteiger partial charge on any atom is -0.358 e. The molecule has 2 aliphatic rings. The van der Waals surface area contributed by atoms with E-state index in [1.165, 1.54) is 38.8 Å². The van der Waals surface area contributed by atoms with Gasteiger partial charge in [-0.3, -0.25) is 0 Å². The van der Waals surface area contributed by atoms with Gasteiger partial charge in [0, 0.05) is 6.04 Å². The third-order valence-corrected chi connectivity index (χ3v) is 2.71. The molecule has 1 aliphatic heterocycles. The van der Waals surface area contributed by atoms with Gasteiger partial charge in [-0.1, -0.05) is 12.8 Å². The van der Waals surface area contributed by atoms with Crippen molar-refractivity contribution in [3.8, 4) is 0 Å². The van der Waals surface area contributed by atoms with Crippen LogP contribution in [-0.4, -0.2) is 24.0 Å². The van der Waals surface area contributed by atoms with Crippen LogP contribution in [0, 0.1) is 20.3 Å². The maximum absolute atomic E-state index is 4.09. The zero-order valence-electron chi connectivity index (χ0n) is 8.55. The zero-order chi connectivity index (χ0) is 6.97. The van der Waals surface area contributed by atoms with Crippen molar-refractivity contribution in [1.29, 1.82) is 0 Å². The Bertz CT molecular complexity index is 115. The van der Waals surface area contributed by atoms with Gasteiger partial charge in [-0.15, -0.1) is 0 Å². The summed E-state index contributed by atoms with van der Waals surface area (Å²) < 4.78 is 0. The summed E-state index contributed by atoms with van der Waals surface area (Å²) in [6.07, 6.45) is 5.58. The van der Waals surface area contributed by atoms with Crippen LogP contribution < -0.4 is 51.4 Å². The van der Waals surface area contributed by atoms with Gasteiger partial charge in [0.2, 0.25) is 0 Å². The number of rotatable bonds is 1. The molecule has 0 amide bonds. The Balaban J connectivity index is 0.000000605. The van der Waals surface area contributed by atoms with Crippen molar-refractivity contribution >= 4 is 0 Å². The molecule has 0 spiro atoms. The molecule has 0 aromatic rings. The van der Waals surface area contributed by atoms with E-state index in [-0.39, 0.29) is 58.8 Å². The van der Waals surface area contributed by atoms with Crippen LogP contribution >= 0.6 is 0 Å². The fourth-order valence-electron chi connectivity index (χ4n) is 1.76. The number of likely N-dealkylation sites (tertiary alicyclic amines) is 1. The Hall–Kier alpha value is 1.60. The number of piperidine rings is 1. The smallest absolute Gasteiger partial charge is 0.358 e. The van der Waals surface area contributed by atoms with E-state index in [1.807, 2.05) is 0 Å². The molecule has 2 fully saturated rings. The molecule has 0 atom stereocenters. The summed E-state index contributed by atoms with van der Waals surface area (Å²) in [5, 5.41) is 0. The van der Waals surface area contributed by atoms with Crippen LogP contribution in [-0.2, 0) is 0 Å². The van der Waals surface area contributed by atoms with E-state index in [0.717, 1.165) is 12.0 Å². The van der Waals surface area contributed by atoms with Gasteiger partial charge in [0.25, 0.3) is 0 Å².